The van der Waals surface area contributed by atoms with Gasteiger partial charge < -0.3 is 5.73 Å². The van der Waals surface area contributed by atoms with E-state index < -0.39 is 0 Å². The molecule has 0 aliphatic carbocycles. The van der Waals surface area contributed by atoms with Gasteiger partial charge in [-0.25, -0.2) is 9.97 Å². The summed E-state index contributed by atoms with van der Waals surface area (Å²) in [4.78, 5) is 10.1. The van der Waals surface area contributed by atoms with Crippen molar-refractivity contribution in [3.8, 4) is 0 Å². The van der Waals surface area contributed by atoms with Gasteiger partial charge in [0.15, 0.2) is 5.16 Å². The molecule has 0 radical (unpaired) electrons. The third kappa shape index (κ3) is 4.30. The van der Waals surface area contributed by atoms with Crippen molar-refractivity contribution in [2.24, 2.45) is 5.73 Å². The topological polar surface area (TPSA) is 51.8 Å². The van der Waals surface area contributed by atoms with Crippen LogP contribution in [0.1, 0.15) is 23.9 Å². The van der Waals surface area contributed by atoms with Gasteiger partial charge in [-0.1, -0.05) is 22.0 Å². The summed E-state index contributed by atoms with van der Waals surface area (Å²) in [5, 5.41) is 0.784. The van der Waals surface area contributed by atoms with Gasteiger partial charge in [0.2, 0.25) is 0 Å². The standard InChI is InChI=1S/C15H18BrN3S/c1-9(17)6-12-4-5-13(16)8-14(12)20-15-18-10(2)7-11(3)19-15/h4-5,7-9H,6,17H2,1-3H3. The number of aryl methyl sites for hydroxylation is 2. The van der Waals surface area contributed by atoms with Gasteiger partial charge in [-0.05, 0) is 62.7 Å². The van der Waals surface area contributed by atoms with Crippen LogP contribution in [0.4, 0.5) is 0 Å². The summed E-state index contributed by atoms with van der Waals surface area (Å²) in [5.41, 5.74) is 9.13. The first-order chi connectivity index (χ1) is 9.44. The number of nitrogens with zero attached hydrogens (tertiary/aromatic N) is 2. The summed E-state index contributed by atoms with van der Waals surface area (Å²) in [6, 6.07) is 8.37. The normalized spacial score (nSPS) is 12.4. The van der Waals surface area contributed by atoms with E-state index in [0.29, 0.717) is 0 Å². The van der Waals surface area contributed by atoms with E-state index >= 15 is 0 Å². The minimum absolute atomic E-state index is 0.135. The first-order valence-electron chi connectivity index (χ1n) is 6.48. The largest absolute Gasteiger partial charge is 0.328 e. The average Bonchev–Trinajstić information content (AvgIpc) is 2.31. The van der Waals surface area contributed by atoms with Crippen LogP contribution in [0.5, 0.6) is 0 Å². The Kier molecular flexibility index (Phi) is 5.18. The zero-order chi connectivity index (χ0) is 14.7. The van der Waals surface area contributed by atoms with Crippen molar-refractivity contribution in [2.75, 3.05) is 0 Å². The Hall–Kier alpha value is -0.910. The maximum absolute atomic E-state index is 5.92. The predicted octanol–water partition coefficient (Wildman–Crippen LogP) is 3.90. The molecule has 1 aromatic heterocycles. The van der Waals surface area contributed by atoms with Crippen molar-refractivity contribution in [1.29, 1.82) is 0 Å². The highest BCUT2D eigenvalue weighted by molar-refractivity contribution is 9.10. The van der Waals surface area contributed by atoms with Gasteiger partial charge in [0.05, 0.1) is 0 Å². The van der Waals surface area contributed by atoms with Crippen LogP contribution < -0.4 is 5.73 Å². The van der Waals surface area contributed by atoms with Crippen molar-refractivity contribution in [2.45, 2.75) is 43.3 Å². The molecule has 106 valence electrons. The molecule has 0 aliphatic rings. The maximum atomic E-state index is 5.92. The first kappa shape index (κ1) is 15.5. The van der Waals surface area contributed by atoms with Gasteiger partial charge in [0.25, 0.3) is 0 Å². The lowest BCUT2D eigenvalue weighted by atomic mass is 10.1. The second-order valence-electron chi connectivity index (χ2n) is 4.97. The van der Waals surface area contributed by atoms with E-state index in [1.807, 2.05) is 32.9 Å². The molecule has 5 heteroatoms. The zero-order valence-corrected chi connectivity index (χ0v) is 14.3. The zero-order valence-electron chi connectivity index (χ0n) is 11.9. The molecule has 0 saturated heterocycles. The summed E-state index contributed by atoms with van der Waals surface area (Å²) in [5.74, 6) is 0. The van der Waals surface area contributed by atoms with Crippen LogP contribution in [0.3, 0.4) is 0 Å². The maximum Gasteiger partial charge on any atom is 0.192 e. The predicted molar refractivity (Wildman–Crippen MR) is 87.1 cm³/mol. The van der Waals surface area contributed by atoms with E-state index in [2.05, 4.69) is 38.0 Å². The lowest BCUT2D eigenvalue weighted by Crippen LogP contribution is -2.18. The van der Waals surface area contributed by atoms with Crippen molar-refractivity contribution >= 4 is 27.7 Å². The van der Waals surface area contributed by atoms with E-state index in [0.717, 1.165) is 32.3 Å². The molecule has 20 heavy (non-hydrogen) atoms. The number of nitrogens with two attached hydrogens (primary N) is 1. The number of aromatic nitrogens is 2. The van der Waals surface area contributed by atoms with Crippen molar-refractivity contribution in [1.82, 2.24) is 9.97 Å². The summed E-state index contributed by atoms with van der Waals surface area (Å²) in [6.07, 6.45) is 0.848. The smallest absolute Gasteiger partial charge is 0.192 e. The van der Waals surface area contributed by atoms with E-state index in [1.165, 1.54) is 5.56 Å². The molecule has 2 rings (SSSR count). The van der Waals surface area contributed by atoms with Gasteiger partial charge in [0.1, 0.15) is 0 Å². The number of hydrogen-bond acceptors (Lipinski definition) is 4. The third-order valence-electron chi connectivity index (χ3n) is 2.73. The van der Waals surface area contributed by atoms with Crippen LogP contribution >= 0.6 is 27.7 Å². The lowest BCUT2D eigenvalue weighted by Gasteiger charge is -2.11. The summed E-state index contributed by atoms with van der Waals surface area (Å²) < 4.78 is 1.05. The van der Waals surface area contributed by atoms with E-state index in [4.69, 9.17) is 5.73 Å². The van der Waals surface area contributed by atoms with Gasteiger partial charge in [0, 0.05) is 26.8 Å². The fraction of sp³-hybridized carbons (Fsp3) is 0.333. The molecule has 2 N–H and O–H groups in total. The molecule has 1 heterocycles. The molecule has 0 amide bonds. The Bertz CT molecular complexity index is 594. The highest BCUT2D eigenvalue weighted by Crippen LogP contribution is 2.31. The monoisotopic (exact) mass is 351 g/mol. The Morgan fingerprint density at radius 2 is 1.85 bits per heavy atom. The molecule has 3 nitrogen and oxygen atoms in total. The van der Waals surface area contributed by atoms with Crippen molar-refractivity contribution < 1.29 is 0 Å². The minimum atomic E-state index is 0.135. The number of benzene rings is 1. The highest BCUT2D eigenvalue weighted by atomic mass is 79.9. The molecule has 0 bridgehead atoms. The van der Waals surface area contributed by atoms with E-state index in [9.17, 15) is 0 Å². The SMILES string of the molecule is Cc1cc(C)nc(Sc2cc(Br)ccc2CC(C)N)n1. The number of halogens is 1. The fourth-order valence-electron chi connectivity index (χ4n) is 1.98. The molecule has 1 aromatic carbocycles. The van der Waals surface area contributed by atoms with Crippen LogP contribution in [0, 0.1) is 13.8 Å². The average molecular weight is 352 g/mol. The molecule has 2 aromatic rings. The summed E-state index contributed by atoms with van der Waals surface area (Å²) in [7, 11) is 0. The second kappa shape index (κ2) is 6.70. The molecule has 0 aliphatic heterocycles. The molecular weight excluding hydrogens is 334 g/mol. The van der Waals surface area contributed by atoms with E-state index in [-0.39, 0.29) is 6.04 Å². The van der Waals surface area contributed by atoms with Gasteiger partial charge in [-0.2, -0.15) is 0 Å². The summed E-state index contributed by atoms with van der Waals surface area (Å²) >= 11 is 5.11. The molecule has 1 unspecified atom stereocenters. The molecule has 0 fully saturated rings. The number of rotatable bonds is 4. The van der Waals surface area contributed by atoms with Crippen LogP contribution in [-0.4, -0.2) is 16.0 Å². The Morgan fingerprint density at radius 1 is 1.20 bits per heavy atom. The fourth-order valence-corrected chi connectivity index (χ4v) is 3.53. The molecule has 0 saturated carbocycles. The Balaban J connectivity index is 2.33. The van der Waals surface area contributed by atoms with Gasteiger partial charge >= 0.3 is 0 Å². The van der Waals surface area contributed by atoms with Crippen molar-refractivity contribution in [3.05, 3.63) is 45.7 Å². The molecule has 0 spiro atoms. The number of hydrogen-bond donors (Lipinski definition) is 1. The quantitative estimate of drug-likeness (QED) is 0.848. The van der Waals surface area contributed by atoms with Crippen molar-refractivity contribution in [3.63, 3.8) is 0 Å². The Labute approximate surface area is 132 Å². The van der Waals surface area contributed by atoms with Crippen LogP contribution in [0.25, 0.3) is 0 Å². The van der Waals surface area contributed by atoms with Crippen LogP contribution in [0.15, 0.2) is 38.8 Å². The Morgan fingerprint density at radius 3 is 2.45 bits per heavy atom. The third-order valence-corrected chi connectivity index (χ3v) is 4.19. The summed E-state index contributed by atoms with van der Waals surface area (Å²) in [6.45, 7) is 5.99. The van der Waals surface area contributed by atoms with E-state index in [1.54, 1.807) is 11.8 Å². The first-order valence-corrected chi connectivity index (χ1v) is 8.09. The van der Waals surface area contributed by atoms with Crippen LogP contribution in [-0.2, 0) is 6.42 Å². The van der Waals surface area contributed by atoms with Gasteiger partial charge in [-0.3, -0.25) is 0 Å². The highest BCUT2D eigenvalue weighted by Gasteiger charge is 2.10. The molecule has 1 atom stereocenters. The molecular formula is C15H18BrN3S. The van der Waals surface area contributed by atoms with Gasteiger partial charge in [-0.15, -0.1) is 0 Å². The second-order valence-corrected chi connectivity index (χ2v) is 6.89. The lowest BCUT2D eigenvalue weighted by molar-refractivity contribution is 0.729. The van der Waals surface area contributed by atoms with Crippen LogP contribution in [0.2, 0.25) is 0 Å². The minimum Gasteiger partial charge on any atom is -0.328 e.